The smallest absolute Gasteiger partial charge is 0.256 e. The third-order valence-corrected chi connectivity index (χ3v) is 15.0. The highest BCUT2D eigenvalue weighted by Gasteiger charge is 2.42. The summed E-state index contributed by atoms with van der Waals surface area (Å²) in [4.78, 5) is 0. The third kappa shape index (κ3) is 6.48. The van der Waals surface area contributed by atoms with Gasteiger partial charge in [-0.3, -0.25) is 0 Å². The molecule has 0 spiro atoms. The van der Waals surface area contributed by atoms with Gasteiger partial charge in [0.15, 0.2) is 0 Å². The second kappa shape index (κ2) is 15.7. The lowest BCUT2D eigenvalue weighted by atomic mass is 9.34. The largest absolute Gasteiger partial charge is 0.458 e. The van der Waals surface area contributed by atoms with Gasteiger partial charge in [0.1, 0.15) is 11.5 Å². The van der Waals surface area contributed by atoms with Crippen LogP contribution < -0.4 is 21.1 Å². The molecule has 2 nitrogen and oxygen atoms in total. The van der Waals surface area contributed by atoms with Gasteiger partial charge in [0.25, 0.3) is 6.71 Å². The van der Waals surface area contributed by atoms with E-state index in [1.807, 2.05) is 0 Å². The van der Waals surface area contributed by atoms with Crippen molar-refractivity contribution < 1.29 is 4.74 Å². The number of hydrogen-bond acceptors (Lipinski definition) is 1. The fraction of sp³-hybridized carbons (Fsp3) is 0.0909. The second-order valence-corrected chi connectivity index (χ2v) is 19.6. The van der Waals surface area contributed by atoms with Gasteiger partial charge >= 0.3 is 0 Å². The molecule has 11 aromatic rings. The van der Waals surface area contributed by atoms with E-state index < -0.39 is 0 Å². The van der Waals surface area contributed by atoms with Crippen LogP contribution in [0, 0.1) is 41.5 Å². The molecule has 328 valence electrons. The number of rotatable bonds is 6. The lowest BCUT2D eigenvalue weighted by Crippen LogP contribution is -2.58. The van der Waals surface area contributed by atoms with E-state index in [4.69, 9.17) is 4.74 Å². The van der Waals surface area contributed by atoms with Gasteiger partial charge in [-0.05, 0) is 183 Å². The van der Waals surface area contributed by atoms with Crippen LogP contribution in [0.15, 0.2) is 194 Å². The van der Waals surface area contributed by atoms with Gasteiger partial charge in [-0.15, -0.1) is 0 Å². The molecule has 2 aliphatic rings. The summed E-state index contributed by atoms with van der Waals surface area (Å²) in [5, 5.41) is 2.47. The number of aromatic nitrogens is 1. The first-order valence-electron chi connectivity index (χ1n) is 24.3. The minimum atomic E-state index is -0.0968. The van der Waals surface area contributed by atoms with Crippen molar-refractivity contribution >= 4 is 44.9 Å². The first-order chi connectivity index (χ1) is 33.7. The lowest BCUT2D eigenvalue weighted by molar-refractivity contribution is 0.487. The van der Waals surface area contributed by atoms with Crippen LogP contribution in [0.5, 0.6) is 11.5 Å². The van der Waals surface area contributed by atoms with Crippen LogP contribution in [0.1, 0.15) is 33.4 Å². The molecule has 0 N–H and O–H groups in total. The van der Waals surface area contributed by atoms with Crippen LogP contribution >= 0.6 is 0 Å². The highest BCUT2D eigenvalue weighted by Crippen LogP contribution is 2.45. The van der Waals surface area contributed by atoms with Gasteiger partial charge in [-0.1, -0.05) is 169 Å². The standard InChI is InChI=1S/C66H50BNO/c1-39-29-41(3)63(42(4)30-39)48-26-28-61-57(35-48)67-58-36-49(54-24-16-14-22-52(54)46-19-11-8-12-20-46)34-56-55-33-47(53-23-15-13-21-51(53)45-17-9-7-10-18-45)25-27-59(55)68(66(56)58)60-37-50(38-62(69-61)65(60)67)64-43(5)31-40(2)32-44(64)6/h7-38H,1-6H3. The fourth-order valence-corrected chi connectivity index (χ4v) is 12.4. The van der Waals surface area contributed by atoms with Crippen LogP contribution in [0.4, 0.5) is 0 Å². The van der Waals surface area contributed by atoms with E-state index in [1.165, 1.54) is 144 Å². The topological polar surface area (TPSA) is 14.2 Å². The summed E-state index contributed by atoms with van der Waals surface area (Å²) in [7, 11) is 0. The van der Waals surface area contributed by atoms with Gasteiger partial charge in [-0.25, -0.2) is 0 Å². The quantitative estimate of drug-likeness (QED) is 0.152. The highest BCUT2D eigenvalue weighted by molar-refractivity contribution is 6.99. The molecule has 0 aliphatic carbocycles. The van der Waals surface area contributed by atoms with Gasteiger partial charge < -0.3 is 9.30 Å². The Bertz CT molecular complexity index is 3890. The van der Waals surface area contributed by atoms with Gasteiger partial charge in [0.05, 0.1) is 5.52 Å². The van der Waals surface area contributed by atoms with Crippen molar-refractivity contribution in [1.82, 2.24) is 4.57 Å². The number of hydrogen-bond donors (Lipinski definition) is 0. The SMILES string of the molecule is Cc1cc(C)c(-c2ccc3c(c2)B2c4c(cc(-c5c(C)cc(C)cc5C)cc4-n4c5ccc(-c6ccccc6-c6ccccc6)cc5c5cc(-c6ccccc6-c6ccccc6)cc2c54)O3)c(C)c1. The van der Waals surface area contributed by atoms with Crippen molar-refractivity contribution in [1.29, 1.82) is 0 Å². The van der Waals surface area contributed by atoms with E-state index in [2.05, 4.69) is 240 Å². The summed E-state index contributed by atoms with van der Waals surface area (Å²) in [5.41, 5.74) is 29.6. The van der Waals surface area contributed by atoms with Crippen molar-refractivity contribution in [3.8, 4) is 83.9 Å². The molecule has 0 radical (unpaired) electrons. The minimum absolute atomic E-state index is 0.0968. The summed E-state index contributed by atoms with van der Waals surface area (Å²) >= 11 is 0. The van der Waals surface area contributed by atoms with E-state index in [-0.39, 0.29) is 6.71 Å². The van der Waals surface area contributed by atoms with E-state index in [0.29, 0.717) is 0 Å². The highest BCUT2D eigenvalue weighted by atomic mass is 16.5. The van der Waals surface area contributed by atoms with Crippen molar-refractivity contribution in [3.63, 3.8) is 0 Å². The molecule has 1 aromatic heterocycles. The van der Waals surface area contributed by atoms with Crippen molar-refractivity contribution in [2.24, 2.45) is 0 Å². The summed E-state index contributed by atoms with van der Waals surface area (Å²) < 4.78 is 9.84. The molecule has 2 aliphatic heterocycles. The normalized spacial score (nSPS) is 12.3. The molecule has 10 aromatic carbocycles. The molecule has 3 heteroatoms. The first-order valence-corrected chi connectivity index (χ1v) is 24.3. The lowest BCUT2D eigenvalue weighted by Gasteiger charge is -2.34. The Morgan fingerprint density at radius 2 is 0.855 bits per heavy atom. The average Bonchev–Trinajstić information content (AvgIpc) is 3.69. The monoisotopic (exact) mass is 883 g/mol. The van der Waals surface area contributed by atoms with Crippen LogP contribution in [-0.2, 0) is 0 Å². The molecule has 0 unspecified atom stereocenters. The number of fused-ring (bicyclic) bond motifs is 7. The minimum Gasteiger partial charge on any atom is -0.458 e. The van der Waals surface area contributed by atoms with Crippen LogP contribution in [0.3, 0.4) is 0 Å². The van der Waals surface area contributed by atoms with E-state index in [0.717, 1.165) is 11.5 Å². The van der Waals surface area contributed by atoms with E-state index in [9.17, 15) is 0 Å². The average molecular weight is 884 g/mol. The van der Waals surface area contributed by atoms with Crippen molar-refractivity contribution in [3.05, 3.63) is 228 Å². The maximum Gasteiger partial charge on any atom is 0.256 e. The zero-order chi connectivity index (χ0) is 46.7. The fourth-order valence-electron chi connectivity index (χ4n) is 12.4. The Labute approximate surface area is 405 Å². The molecule has 0 amide bonds. The number of ether oxygens (including phenoxy) is 1. The number of nitrogens with zero attached hydrogens (tertiary/aromatic N) is 1. The predicted molar refractivity (Wildman–Crippen MR) is 293 cm³/mol. The number of aryl methyl sites for hydroxylation is 6. The predicted octanol–water partition coefficient (Wildman–Crippen LogP) is 15.6. The van der Waals surface area contributed by atoms with E-state index in [1.54, 1.807) is 0 Å². The van der Waals surface area contributed by atoms with Crippen LogP contribution in [0.25, 0.3) is 94.3 Å². The molecule has 13 rings (SSSR count). The Morgan fingerprint density at radius 1 is 0.362 bits per heavy atom. The Morgan fingerprint density at radius 3 is 1.45 bits per heavy atom. The molecule has 3 heterocycles. The zero-order valence-electron chi connectivity index (χ0n) is 39.9. The maximum absolute atomic E-state index is 7.27. The molecular formula is C66H50BNO. The second-order valence-electron chi connectivity index (χ2n) is 19.6. The van der Waals surface area contributed by atoms with Crippen molar-refractivity contribution in [2.45, 2.75) is 41.5 Å². The van der Waals surface area contributed by atoms with Gasteiger partial charge in [-0.2, -0.15) is 0 Å². The molecular weight excluding hydrogens is 834 g/mol. The molecule has 0 atom stereocenters. The van der Waals surface area contributed by atoms with Crippen molar-refractivity contribution in [2.75, 3.05) is 0 Å². The summed E-state index contributed by atoms with van der Waals surface area (Å²) in [6.45, 7) is 13.3. The van der Waals surface area contributed by atoms with Crippen LogP contribution in [-0.4, -0.2) is 11.3 Å². The zero-order valence-corrected chi connectivity index (χ0v) is 39.9. The first kappa shape index (κ1) is 41.1. The Hall–Kier alpha value is -8.14. The summed E-state index contributed by atoms with van der Waals surface area (Å²) in [6.07, 6.45) is 0. The van der Waals surface area contributed by atoms with Crippen LogP contribution in [0.2, 0.25) is 0 Å². The summed E-state index contributed by atoms with van der Waals surface area (Å²) in [5.74, 6) is 1.82. The third-order valence-electron chi connectivity index (χ3n) is 15.0. The Balaban J connectivity index is 1.16. The Kier molecular flexibility index (Phi) is 9.36. The molecule has 0 saturated heterocycles. The van der Waals surface area contributed by atoms with Gasteiger partial charge in [0, 0.05) is 22.0 Å². The number of benzene rings is 10. The molecule has 0 saturated carbocycles. The summed E-state index contributed by atoms with van der Waals surface area (Å²) in [6, 6.07) is 72.5. The molecule has 69 heavy (non-hydrogen) atoms. The molecule has 0 bridgehead atoms. The molecule has 0 fully saturated rings. The van der Waals surface area contributed by atoms with Gasteiger partial charge in [0.2, 0.25) is 0 Å². The maximum atomic E-state index is 7.27. The van der Waals surface area contributed by atoms with E-state index >= 15 is 0 Å².